The van der Waals surface area contributed by atoms with E-state index in [1.165, 1.54) is 89.1 Å². The number of aryl methyl sites for hydroxylation is 1. The third-order valence-corrected chi connectivity index (χ3v) is 13.5. The van der Waals surface area contributed by atoms with Crippen LogP contribution in [0.25, 0.3) is 33.4 Å². The first kappa shape index (κ1) is 42.3. The molecule has 64 heavy (non-hydrogen) atoms. The number of hydrogen-bond acceptors (Lipinski definition) is 3. The highest BCUT2D eigenvalue weighted by Crippen LogP contribution is 2.63. The summed E-state index contributed by atoms with van der Waals surface area (Å²) in [4.78, 5) is 4.50. The third kappa shape index (κ3) is 6.94. The monoisotopic (exact) mass is 835 g/mol. The van der Waals surface area contributed by atoms with Gasteiger partial charge in [-0.05, 0) is 118 Å². The third-order valence-electron chi connectivity index (χ3n) is 13.5. The molecule has 0 saturated carbocycles. The van der Waals surface area contributed by atoms with E-state index in [1.54, 1.807) is 0 Å². The van der Waals surface area contributed by atoms with Crippen molar-refractivity contribution in [3.63, 3.8) is 0 Å². The molecule has 4 nitrogen and oxygen atoms in total. The molecule has 4 heteroatoms. The fourth-order valence-corrected chi connectivity index (χ4v) is 10.7. The number of nitrogens with one attached hydrogen (secondary N) is 1. The summed E-state index contributed by atoms with van der Waals surface area (Å²) in [6, 6.07) is 50.1. The van der Waals surface area contributed by atoms with Gasteiger partial charge in [0, 0.05) is 17.7 Å². The smallest absolute Gasteiger partial charge is 0.126 e. The number of aliphatic imine (C=N–C) groups is 1. The van der Waals surface area contributed by atoms with Crippen molar-refractivity contribution in [3.05, 3.63) is 245 Å². The number of nitrogens with zero attached hydrogens (tertiary/aromatic N) is 1. The molecule has 318 valence electrons. The second-order valence-corrected chi connectivity index (χ2v) is 17.0. The summed E-state index contributed by atoms with van der Waals surface area (Å²) in [5.41, 5.74) is 26.1. The zero-order chi connectivity index (χ0) is 44.3. The molecule has 2 unspecified atom stereocenters. The quantitative estimate of drug-likeness (QED) is 0.130. The van der Waals surface area contributed by atoms with Crippen LogP contribution >= 0.6 is 0 Å². The zero-order valence-electron chi connectivity index (χ0n) is 37.3. The van der Waals surface area contributed by atoms with Crippen LogP contribution in [-0.2, 0) is 17.3 Å². The van der Waals surface area contributed by atoms with Crippen LogP contribution in [0.3, 0.4) is 0 Å². The molecule has 0 radical (unpaired) electrons. The van der Waals surface area contributed by atoms with E-state index >= 15 is 0 Å². The lowest BCUT2D eigenvalue weighted by atomic mass is 9.68. The summed E-state index contributed by atoms with van der Waals surface area (Å²) in [6.07, 6.45) is 15.7. The van der Waals surface area contributed by atoms with E-state index < -0.39 is 0 Å². The normalized spacial score (nSPS) is 19.7. The van der Waals surface area contributed by atoms with Crippen LogP contribution in [0.5, 0.6) is 5.75 Å². The average Bonchev–Trinajstić information content (AvgIpc) is 3.96. The van der Waals surface area contributed by atoms with E-state index in [9.17, 15) is 0 Å². The Labute approximate surface area is 379 Å². The molecule has 6 aromatic carbocycles. The Bertz CT molecular complexity index is 2930. The number of benzene rings is 6. The van der Waals surface area contributed by atoms with Gasteiger partial charge >= 0.3 is 0 Å². The summed E-state index contributed by atoms with van der Waals surface area (Å²) in [6.45, 7) is 16.7. The van der Waals surface area contributed by atoms with E-state index in [4.69, 9.17) is 10.5 Å². The number of ether oxygens (including phenoxy) is 1. The van der Waals surface area contributed by atoms with Crippen LogP contribution in [0.4, 0.5) is 0 Å². The number of rotatable bonds is 6. The van der Waals surface area contributed by atoms with Crippen molar-refractivity contribution >= 4 is 17.0 Å². The maximum atomic E-state index is 5.97. The molecule has 0 fully saturated rings. The number of para-hydroxylation sites is 1. The maximum Gasteiger partial charge on any atom is 0.126 e. The second-order valence-electron chi connectivity index (χ2n) is 17.0. The molecule has 3 N–H and O–H groups in total. The first-order valence-corrected chi connectivity index (χ1v) is 22.7. The number of amidine groups is 1. The molecule has 2 spiro atoms. The summed E-state index contributed by atoms with van der Waals surface area (Å²) in [5, 5.41) is 3.43. The minimum Gasteiger partial charge on any atom is -0.492 e. The van der Waals surface area contributed by atoms with Crippen LogP contribution in [0.2, 0.25) is 0 Å². The van der Waals surface area contributed by atoms with Crippen LogP contribution in [0.15, 0.2) is 205 Å². The van der Waals surface area contributed by atoms with Gasteiger partial charge in [-0.2, -0.15) is 0 Å². The van der Waals surface area contributed by atoms with Crippen LogP contribution < -0.4 is 15.8 Å². The topological polar surface area (TPSA) is 59.6 Å². The maximum absolute atomic E-state index is 5.97. The molecule has 0 bridgehead atoms. The molecule has 5 aliphatic rings. The lowest BCUT2D eigenvalue weighted by Gasteiger charge is -2.33. The largest absolute Gasteiger partial charge is 0.492 e. The molecule has 2 atom stereocenters. The fourth-order valence-electron chi connectivity index (χ4n) is 10.7. The fraction of sp³-hybridized carbons (Fsp3) is 0.183. The molecule has 11 rings (SSSR count). The van der Waals surface area contributed by atoms with Crippen molar-refractivity contribution in [1.82, 2.24) is 5.32 Å². The minimum absolute atomic E-state index is 0.153. The number of nitrogens with two attached hydrogens (primary N) is 1. The van der Waals surface area contributed by atoms with Crippen molar-refractivity contribution in [2.45, 2.75) is 50.9 Å². The molecule has 0 aromatic heterocycles. The minimum atomic E-state index is -0.365. The summed E-state index contributed by atoms with van der Waals surface area (Å²) < 4.78 is 5.97. The van der Waals surface area contributed by atoms with Crippen molar-refractivity contribution in [3.8, 4) is 28.0 Å². The molecule has 1 aliphatic heterocycles. The van der Waals surface area contributed by atoms with E-state index in [1.807, 2.05) is 36.4 Å². The highest BCUT2D eigenvalue weighted by molar-refractivity contribution is 6.02. The molecular formula is C60H57N3O. The first-order valence-electron chi connectivity index (χ1n) is 22.7. The van der Waals surface area contributed by atoms with Gasteiger partial charge in [-0.15, -0.1) is 0 Å². The van der Waals surface area contributed by atoms with Crippen LogP contribution in [0.1, 0.15) is 71.2 Å². The molecular weight excluding hydrogens is 779 g/mol. The predicted molar refractivity (Wildman–Crippen MR) is 270 cm³/mol. The van der Waals surface area contributed by atoms with Gasteiger partial charge in [0.05, 0.1) is 17.5 Å². The summed E-state index contributed by atoms with van der Waals surface area (Å²) in [5.74, 6) is 1.88. The standard InChI is InChI=1S/C35H26.C18H23N3O.C7H8/c1-4-22-19-23-20-34-30(21-29(23)26-14-8-7-13-25(22)26)28-16-10-12-18-33(28)35(34)31(6-3)24(5-2)27-15-9-11-17-32(27)35;1-2-11-20-17(21-13-19)15-8-5-6-10-18(15)12-22-16-9-4-3-7-14(16)18;1-7-5-3-2-4-6-7/h4-18,20-21H,2-3,19H2,1H3;3-9H,2,10-13,19H2,1H3,(H,20,21);2-6H,1H3/b22-4-;;. The van der Waals surface area contributed by atoms with E-state index in [-0.39, 0.29) is 17.5 Å². The molecule has 0 amide bonds. The Morgan fingerprint density at radius 3 is 2.06 bits per heavy atom. The molecule has 4 aliphatic carbocycles. The Hall–Kier alpha value is -7.01. The highest BCUT2D eigenvalue weighted by atomic mass is 16.5. The molecule has 1 heterocycles. The number of fused-ring (bicyclic) bond motifs is 12. The number of allylic oxidation sites excluding steroid dienone is 9. The summed E-state index contributed by atoms with van der Waals surface area (Å²) >= 11 is 0. The van der Waals surface area contributed by atoms with Gasteiger partial charge < -0.3 is 15.8 Å². The highest BCUT2D eigenvalue weighted by Gasteiger charge is 2.52. The zero-order valence-corrected chi connectivity index (χ0v) is 37.3. The summed E-state index contributed by atoms with van der Waals surface area (Å²) in [7, 11) is 0. The second kappa shape index (κ2) is 18.0. The van der Waals surface area contributed by atoms with Crippen molar-refractivity contribution in [1.29, 1.82) is 0 Å². The first-order chi connectivity index (χ1) is 31.4. The Morgan fingerprint density at radius 2 is 1.39 bits per heavy atom. The van der Waals surface area contributed by atoms with Gasteiger partial charge in [-0.25, -0.2) is 0 Å². The van der Waals surface area contributed by atoms with Crippen LogP contribution in [-0.4, -0.2) is 25.7 Å². The van der Waals surface area contributed by atoms with Gasteiger partial charge in [0.25, 0.3) is 0 Å². The van der Waals surface area contributed by atoms with Gasteiger partial charge in [0.15, 0.2) is 0 Å². The SMILES string of the molecule is C=CC1=C(C=C)C2(c3ccccc31)c1ccccc1-c1cc3c(cc12)C/C(=C/C)c1ccccc1-3.CCCN/C(=N\CN)C1=CC=CCC12COc1ccccc12.Cc1ccccc1. The Balaban J connectivity index is 0.000000152. The van der Waals surface area contributed by atoms with Crippen LogP contribution in [0, 0.1) is 6.92 Å². The average molecular weight is 836 g/mol. The molecule has 0 saturated heterocycles. The molecule has 6 aromatic rings. The van der Waals surface area contributed by atoms with Gasteiger partial charge in [0.1, 0.15) is 18.2 Å². The van der Waals surface area contributed by atoms with Gasteiger partial charge in [-0.3, -0.25) is 4.99 Å². The Kier molecular flexibility index (Phi) is 11.9. The van der Waals surface area contributed by atoms with E-state index in [2.05, 4.69) is 184 Å². The lowest BCUT2D eigenvalue weighted by molar-refractivity contribution is 0.292. The predicted octanol–water partition coefficient (Wildman–Crippen LogP) is 13.3. The van der Waals surface area contributed by atoms with Gasteiger partial charge in [0.2, 0.25) is 0 Å². The number of hydrogen-bond donors (Lipinski definition) is 2. The van der Waals surface area contributed by atoms with E-state index in [0.717, 1.165) is 37.4 Å². The van der Waals surface area contributed by atoms with Crippen molar-refractivity contribution in [2.24, 2.45) is 10.7 Å². The Morgan fingerprint density at radius 1 is 0.734 bits per heavy atom. The lowest BCUT2D eigenvalue weighted by Crippen LogP contribution is -2.40. The van der Waals surface area contributed by atoms with Crippen molar-refractivity contribution < 1.29 is 4.74 Å². The van der Waals surface area contributed by atoms with E-state index in [0.29, 0.717) is 6.61 Å². The van der Waals surface area contributed by atoms with Gasteiger partial charge in [-0.1, -0.05) is 189 Å². The van der Waals surface area contributed by atoms with Crippen molar-refractivity contribution in [2.75, 3.05) is 19.8 Å².